The fourth-order valence-corrected chi connectivity index (χ4v) is 3.05. The quantitative estimate of drug-likeness (QED) is 0.827. The number of nitrogens with one attached hydrogen (secondary N) is 1. The Balaban J connectivity index is 0.00000225. The van der Waals surface area contributed by atoms with Gasteiger partial charge in [0, 0.05) is 23.5 Å². The predicted octanol–water partition coefficient (Wildman–Crippen LogP) is 2.79. The molecule has 0 spiro atoms. The maximum absolute atomic E-state index is 12.8. The van der Waals surface area contributed by atoms with Gasteiger partial charge in [0.1, 0.15) is 6.04 Å². The molecule has 0 saturated heterocycles. The van der Waals surface area contributed by atoms with E-state index in [-0.39, 0.29) is 24.2 Å². The molecule has 132 valence electrons. The van der Waals surface area contributed by atoms with Crippen molar-refractivity contribution >= 4 is 35.6 Å². The van der Waals surface area contributed by atoms with Gasteiger partial charge in [0.2, 0.25) is 5.91 Å². The fraction of sp³-hybridized carbons (Fsp3) is 0.263. The highest BCUT2D eigenvalue weighted by atomic mass is 35.5. The van der Waals surface area contributed by atoms with Crippen LogP contribution in [0.15, 0.2) is 48.5 Å². The summed E-state index contributed by atoms with van der Waals surface area (Å²) in [5.74, 6) is -0.368. The first-order valence-electron chi connectivity index (χ1n) is 8.12. The van der Waals surface area contributed by atoms with Gasteiger partial charge in [0.15, 0.2) is 0 Å². The van der Waals surface area contributed by atoms with E-state index in [2.05, 4.69) is 5.32 Å². The van der Waals surface area contributed by atoms with Crippen LogP contribution in [0.25, 0.3) is 0 Å². The van der Waals surface area contributed by atoms with Crippen molar-refractivity contribution < 1.29 is 9.59 Å². The maximum Gasteiger partial charge on any atom is 0.251 e. The largest absolute Gasteiger partial charge is 0.398 e. The Morgan fingerprint density at radius 2 is 1.84 bits per heavy atom. The third-order valence-corrected chi connectivity index (χ3v) is 4.31. The van der Waals surface area contributed by atoms with Gasteiger partial charge in [-0.05, 0) is 49.6 Å². The van der Waals surface area contributed by atoms with E-state index < -0.39 is 6.04 Å². The van der Waals surface area contributed by atoms with Crippen LogP contribution in [0.2, 0.25) is 0 Å². The zero-order valence-electron chi connectivity index (χ0n) is 14.1. The topological polar surface area (TPSA) is 75.4 Å². The molecule has 5 nitrogen and oxygen atoms in total. The van der Waals surface area contributed by atoms with Crippen LogP contribution in [0.3, 0.4) is 0 Å². The first-order chi connectivity index (χ1) is 11.6. The van der Waals surface area contributed by atoms with Crippen LogP contribution >= 0.6 is 12.4 Å². The van der Waals surface area contributed by atoms with Gasteiger partial charge in [-0.3, -0.25) is 9.59 Å². The zero-order chi connectivity index (χ0) is 17.1. The lowest BCUT2D eigenvalue weighted by atomic mass is 9.99. The number of carbonyl (C=O) groups is 2. The number of hydrogen-bond donors (Lipinski definition) is 2. The predicted molar refractivity (Wildman–Crippen MR) is 102 cm³/mol. The molecule has 2 aromatic rings. The monoisotopic (exact) mass is 359 g/mol. The van der Waals surface area contributed by atoms with Crippen molar-refractivity contribution in [3.05, 3.63) is 59.7 Å². The molecular weight excluding hydrogens is 338 g/mol. The summed E-state index contributed by atoms with van der Waals surface area (Å²) in [6.07, 6.45) is 1.74. The second-order valence-corrected chi connectivity index (χ2v) is 6.00. The lowest BCUT2D eigenvalue weighted by molar-refractivity contribution is -0.120. The minimum absolute atomic E-state index is 0. The molecular formula is C19H22ClN3O2. The Kier molecular flexibility index (Phi) is 6.04. The third-order valence-electron chi connectivity index (χ3n) is 4.31. The highest BCUT2D eigenvalue weighted by Gasteiger charge is 2.28. The number of fused-ring (bicyclic) bond motifs is 1. The standard InChI is InChI=1S/C19H21N3O2.ClH/c1-13(21-18(23)14-7-3-2-4-8-14)19(24)22-12-6-9-15-16(20)10-5-11-17(15)22;/h2-5,7-8,10-11,13H,6,9,12,20H2,1H3,(H,21,23);1H. The number of anilines is 2. The van der Waals surface area contributed by atoms with Crippen molar-refractivity contribution in [1.82, 2.24) is 5.32 Å². The molecule has 0 aliphatic carbocycles. The molecule has 25 heavy (non-hydrogen) atoms. The summed E-state index contributed by atoms with van der Waals surface area (Å²) in [4.78, 5) is 26.8. The molecule has 1 unspecified atom stereocenters. The van der Waals surface area contributed by atoms with E-state index in [1.807, 2.05) is 24.3 Å². The molecule has 3 N–H and O–H groups in total. The second-order valence-electron chi connectivity index (χ2n) is 6.00. The molecule has 3 rings (SSSR count). The number of halogens is 1. The lowest BCUT2D eigenvalue weighted by Crippen LogP contribution is -2.48. The van der Waals surface area contributed by atoms with E-state index in [4.69, 9.17) is 5.73 Å². The van der Waals surface area contributed by atoms with Crippen LogP contribution in [0, 0.1) is 0 Å². The molecule has 1 atom stereocenters. The third kappa shape index (κ3) is 3.94. The smallest absolute Gasteiger partial charge is 0.251 e. The molecule has 1 aliphatic rings. The highest BCUT2D eigenvalue weighted by molar-refractivity contribution is 6.03. The lowest BCUT2D eigenvalue weighted by Gasteiger charge is -2.32. The summed E-state index contributed by atoms with van der Waals surface area (Å²) in [6, 6.07) is 13.9. The minimum atomic E-state index is -0.606. The van der Waals surface area contributed by atoms with Gasteiger partial charge >= 0.3 is 0 Å². The molecule has 0 bridgehead atoms. The number of hydrogen-bond acceptors (Lipinski definition) is 3. The van der Waals surface area contributed by atoms with Gasteiger partial charge < -0.3 is 16.0 Å². The van der Waals surface area contributed by atoms with Crippen molar-refractivity contribution in [2.45, 2.75) is 25.8 Å². The zero-order valence-corrected chi connectivity index (χ0v) is 14.9. The Labute approximate surface area is 153 Å². The molecule has 1 aliphatic heterocycles. The van der Waals surface area contributed by atoms with E-state index in [9.17, 15) is 9.59 Å². The number of carbonyl (C=O) groups excluding carboxylic acids is 2. The molecule has 1 heterocycles. The van der Waals surface area contributed by atoms with E-state index in [1.165, 1.54) is 0 Å². The van der Waals surface area contributed by atoms with Crippen LogP contribution < -0.4 is 16.0 Å². The molecule has 2 aromatic carbocycles. The normalized spacial score (nSPS) is 14.0. The number of nitrogens with zero attached hydrogens (tertiary/aromatic N) is 1. The van der Waals surface area contributed by atoms with Crippen LogP contribution in [-0.4, -0.2) is 24.4 Å². The SMILES string of the molecule is CC(NC(=O)c1ccccc1)C(=O)N1CCCc2c(N)cccc21.Cl. The minimum Gasteiger partial charge on any atom is -0.398 e. The molecule has 0 saturated carbocycles. The molecule has 0 fully saturated rings. The number of benzene rings is 2. The Morgan fingerprint density at radius 1 is 1.12 bits per heavy atom. The van der Waals surface area contributed by atoms with Gasteiger partial charge in [0.25, 0.3) is 5.91 Å². The fourth-order valence-electron chi connectivity index (χ4n) is 3.05. The number of rotatable bonds is 3. The Bertz CT molecular complexity index is 765. The van der Waals surface area contributed by atoms with E-state index in [0.29, 0.717) is 17.8 Å². The highest BCUT2D eigenvalue weighted by Crippen LogP contribution is 2.31. The van der Waals surface area contributed by atoms with Crippen molar-refractivity contribution in [3.8, 4) is 0 Å². The maximum atomic E-state index is 12.8. The molecule has 0 radical (unpaired) electrons. The number of amides is 2. The summed E-state index contributed by atoms with van der Waals surface area (Å²) >= 11 is 0. The summed E-state index contributed by atoms with van der Waals surface area (Å²) in [5.41, 5.74) is 9.15. The summed E-state index contributed by atoms with van der Waals surface area (Å²) in [5, 5.41) is 2.78. The van der Waals surface area contributed by atoms with E-state index in [1.54, 1.807) is 36.1 Å². The van der Waals surface area contributed by atoms with Crippen LogP contribution in [0.4, 0.5) is 11.4 Å². The van der Waals surface area contributed by atoms with Crippen molar-refractivity contribution in [1.29, 1.82) is 0 Å². The van der Waals surface area contributed by atoms with Crippen molar-refractivity contribution in [3.63, 3.8) is 0 Å². The van der Waals surface area contributed by atoms with Gasteiger partial charge in [0.05, 0.1) is 0 Å². The van der Waals surface area contributed by atoms with Gasteiger partial charge in [-0.1, -0.05) is 24.3 Å². The molecule has 6 heteroatoms. The summed E-state index contributed by atoms with van der Waals surface area (Å²) in [7, 11) is 0. The van der Waals surface area contributed by atoms with E-state index >= 15 is 0 Å². The van der Waals surface area contributed by atoms with Crippen LogP contribution in [0.1, 0.15) is 29.3 Å². The van der Waals surface area contributed by atoms with Gasteiger partial charge in [-0.15, -0.1) is 12.4 Å². The van der Waals surface area contributed by atoms with Gasteiger partial charge in [-0.25, -0.2) is 0 Å². The second kappa shape index (κ2) is 8.03. The Morgan fingerprint density at radius 3 is 2.56 bits per heavy atom. The summed E-state index contributed by atoms with van der Waals surface area (Å²) in [6.45, 7) is 2.35. The average Bonchev–Trinajstić information content (AvgIpc) is 2.61. The van der Waals surface area contributed by atoms with Crippen LogP contribution in [-0.2, 0) is 11.2 Å². The average molecular weight is 360 g/mol. The van der Waals surface area contributed by atoms with Crippen LogP contribution in [0.5, 0.6) is 0 Å². The molecule has 0 aromatic heterocycles. The van der Waals surface area contributed by atoms with Gasteiger partial charge in [-0.2, -0.15) is 0 Å². The van der Waals surface area contributed by atoms with Crippen molar-refractivity contribution in [2.24, 2.45) is 0 Å². The number of nitrogens with two attached hydrogens (primary N) is 1. The first-order valence-corrected chi connectivity index (χ1v) is 8.12. The van der Waals surface area contributed by atoms with Crippen molar-refractivity contribution in [2.75, 3.05) is 17.2 Å². The Hall–Kier alpha value is -2.53. The molecule has 2 amide bonds. The van der Waals surface area contributed by atoms with E-state index in [0.717, 1.165) is 24.1 Å². The number of nitrogen functional groups attached to an aromatic ring is 1. The first kappa shape index (κ1) is 18.8. The summed E-state index contributed by atoms with van der Waals surface area (Å²) < 4.78 is 0.